The summed E-state index contributed by atoms with van der Waals surface area (Å²) >= 11 is 1.17. The van der Waals surface area contributed by atoms with Crippen LogP contribution >= 0.6 is 11.3 Å². The van der Waals surface area contributed by atoms with Crippen molar-refractivity contribution in [1.82, 2.24) is 13.9 Å². The average Bonchev–Trinajstić information content (AvgIpc) is 2.94. The minimum atomic E-state index is -3.84. The summed E-state index contributed by atoms with van der Waals surface area (Å²) in [4.78, 5) is 29.5. The molecule has 0 spiro atoms. The second-order valence-electron chi connectivity index (χ2n) is 7.19. The van der Waals surface area contributed by atoms with Crippen molar-refractivity contribution in [3.05, 3.63) is 21.6 Å². The van der Waals surface area contributed by atoms with Crippen molar-refractivity contribution in [3.8, 4) is 0 Å². The van der Waals surface area contributed by atoms with E-state index in [0.29, 0.717) is 22.8 Å². The third-order valence-electron chi connectivity index (χ3n) is 4.76. The van der Waals surface area contributed by atoms with E-state index < -0.39 is 21.6 Å². The number of thiophene rings is 1. The van der Waals surface area contributed by atoms with E-state index in [4.69, 9.17) is 0 Å². The molecule has 1 saturated heterocycles. The Labute approximate surface area is 161 Å². The van der Waals surface area contributed by atoms with Gasteiger partial charge in [0.2, 0.25) is 10.0 Å². The molecule has 1 fully saturated rings. The Morgan fingerprint density at radius 3 is 2.56 bits per heavy atom. The maximum atomic E-state index is 13.4. The summed E-state index contributed by atoms with van der Waals surface area (Å²) < 4.78 is 33.9. The van der Waals surface area contributed by atoms with E-state index >= 15 is 0 Å². The first-order valence-electron chi connectivity index (χ1n) is 8.70. The van der Waals surface area contributed by atoms with Crippen LogP contribution in [0.4, 0.5) is 0 Å². The molecule has 0 radical (unpaired) electrons. The summed E-state index contributed by atoms with van der Waals surface area (Å²) in [5.74, 6) is -0.0982. The Kier molecular flexibility index (Phi) is 5.42. The Bertz CT molecular complexity index is 1030. The van der Waals surface area contributed by atoms with Crippen LogP contribution in [-0.4, -0.2) is 48.4 Å². The first-order valence-corrected chi connectivity index (χ1v) is 11.0. The van der Waals surface area contributed by atoms with Crippen molar-refractivity contribution in [2.75, 3.05) is 20.2 Å². The SMILES string of the molecule is COC(=O)Cn1cnc2sc(C)c(S(=O)(=O)N3C[C@H](C)C[C@H](C)C3)c2c1=O. The smallest absolute Gasteiger partial charge is 0.325 e. The van der Waals surface area contributed by atoms with Crippen molar-refractivity contribution in [2.45, 2.75) is 38.6 Å². The highest BCUT2D eigenvalue weighted by molar-refractivity contribution is 7.89. The summed E-state index contributed by atoms with van der Waals surface area (Å²) in [6, 6.07) is 0. The maximum absolute atomic E-state index is 13.4. The lowest BCUT2D eigenvalue weighted by molar-refractivity contribution is -0.141. The number of sulfonamides is 1. The van der Waals surface area contributed by atoms with Gasteiger partial charge in [0.05, 0.1) is 18.8 Å². The van der Waals surface area contributed by atoms with Gasteiger partial charge in [-0.15, -0.1) is 11.3 Å². The molecule has 3 rings (SSSR count). The van der Waals surface area contributed by atoms with Crippen LogP contribution in [0, 0.1) is 18.8 Å². The lowest BCUT2D eigenvalue weighted by Crippen LogP contribution is -2.42. The number of methoxy groups -OCH3 is 1. The highest BCUT2D eigenvalue weighted by atomic mass is 32.2. The van der Waals surface area contributed by atoms with E-state index in [0.717, 1.165) is 11.0 Å². The van der Waals surface area contributed by atoms with Crippen molar-refractivity contribution in [3.63, 3.8) is 0 Å². The van der Waals surface area contributed by atoms with E-state index in [1.807, 2.05) is 13.8 Å². The Balaban J connectivity index is 2.16. The molecule has 0 aromatic carbocycles. The van der Waals surface area contributed by atoms with Crippen molar-refractivity contribution < 1.29 is 17.9 Å². The number of carbonyl (C=O) groups excluding carboxylic acids is 1. The summed E-state index contributed by atoms with van der Waals surface area (Å²) in [7, 11) is -2.62. The van der Waals surface area contributed by atoms with Gasteiger partial charge >= 0.3 is 5.97 Å². The molecule has 1 aliphatic rings. The van der Waals surface area contributed by atoms with Gasteiger partial charge in [0.1, 0.15) is 16.3 Å². The molecule has 2 aromatic rings. The van der Waals surface area contributed by atoms with Gasteiger partial charge in [-0.05, 0) is 25.2 Å². The normalized spacial score (nSPS) is 21.5. The largest absolute Gasteiger partial charge is 0.468 e. The molecule has 27 heavy (non-hydrogen) atoms. The summed E-state index contributed by atoms with van der Waals surface area (Å²) in [6.45, 7) is 6.29. The van der Waals surface area contributed by atoms with E-state index in [9.17, 15) is 18.0 Å². The molecule has 3 heterocycles. The molecular weight excluding hydrogens is 390 g/mol. The van der Waals surface area contributed by atoms with E-state index in [2.05, 4.69) is 9.72 Å². The van der Waals surface area contributed by atoms with Crippen LogP contribution in [0.3, 0.4) is 0 Å². The zero-order valence-corrected chi connectivity index (χ0v) is 17.4. The summed E-state index contributed by atoms with van der Waals surface area (Å²) in [5.41, 5.74) is -0.550. The van der Waals surface area contributed by atoms with Crippen LogP contribution in [0.25, 0.3) is 10.2 Å². The fourth-order valence-electron chi connectivity index (χ4n) is 3.67. The third kappa shape index (κ3) is 3.65. The molecule has 0 aliphatic carbocycles. The number of ether oxygens (including phenoxy) is 1. The number of esters is 1. The number of hydrogen-bond donors (Lipinski definition) is 0. The lowest BCUT2D eigenvalue weighted by Gasteiger charge is -2.34. The zero-order chi connectivity index (χ0) is 19.9. The van der Waals surface area contributed by atoms with Crippen LogP contribution < -0.4 is 5.56 Å². The molecule has 8 nitrogen and oxygen atoms in total. The number of hydrogen-bond acceptors (Lipinski definition) is 7. The van der Waals surface area contributed by atoms with Gasteiger partial charge in [-0.3, -0.25) is 14.2 Å². The van der Waals surface area contributed by atoms with Crippen LogP contribution in [0.5, 0.6) is 0 Å². The van der Waals surface area contributed by atoms with Crippen molar-refractivity contribution in [1.29, 1.82) is 0 Å². The second kappa shape index (κ2) is 7.33. The topological polar surface area (TPSA) is 98.6 Å². The standard InChI is InChI=1S/C17H23N3O5S2/c1-10-5-11(2)7-20(6-10)27(23,24)15-12(3)26-16-14(15)17(22)19(9-18-16)8-13(21)25-4/h9-11H,5-8H2,1-4H3/t10-,11+. The molecule has 1 aliphatic heterocycles. The highest BCUT2D eigenvalue weighted by Crippen LogP contribution is 2.35. The van der Waals surface area contributed by atoms with E-state index in [1.165, 1.54) is 29.1 Å². The van der Waals surface area contributed by atoms with Gasteiger partial charge in [0.15, 0.2) is 0 Å². The lowest BCUT2D eigenvalue weighted by atomic mass is 9.94. The minimum absolute atomic E-state index is 0.0144. The van der Waals surface area contributed by atoms with Gasteiger partial charge in [0.25, 0.3) is 5.56 Å². The molecule has 0 saturated carbocycles. The number of fused-ring (bicyclic) bond motifs is 1. The number of aryl methyl sites for hydroxylation is 1. The Morgan fingerprint density at radius 1 is 1.33 bits per heavy atom. The first kappa shape index (κ1) is 20.0. The van der Waals surface area contributed by atoms with Crippen LogP contribution in [0.1, 0.15) is 25.1 Å². The van der Waals surface area contributed by atoms with Gasteiger partial charge in [-0.1, -0.05) is 13.8 Å². The predicted octanol–water partition coefficient (Wildman–Crippen LogP) is 1.61. The molecular formula is C17H23N3O5S2. The van der Waals surface area contributed by atoms with Crippen molar-refractivity contribution >= 4 is 37.5 Å². The average molecular weight is 414 g/mol. The molecule has 0 N–H and O–H groups in total. The van der Waals surface area contributed by atoms with Crippen LogP contribution in [-0.2, 0) is 26.1 Å². The number of aromatic nitrogens is 2. The summed E-state index contributed by atoms with van der Waals surface area (Å²) in [6.07, 6.45) is 2.22. The number of carbonyl (C=O) groups is 1. The Hall–Kier alpha value is -1.78. The van der Waals surface area contributed by atoms with Crippen molar-refractivity contribution in [2.24, 2.45) is 11.8 Å². The van der Waals surface area contributed by atoms with Gasteiger partial charge in [-0.2, -0.15) is 4.31 Å². The van der Waals surface area contributed by atoms with E-state index in [-0.39, 0.29) is 28.7 Å². The molecule has 10 heteroatoms. The minimum Gasteiger partial charge on any atom is -0.468 e. The van der Waals surface area contributed by atoms with Crippen LogP contribution in [0.15, 0.2) is 16.0 Å². The molecule has 0 bridgehead atoms. The third-order valence-corrected chi connectivity index (χ3v) is 7.91. The fourth-order valence-corrected chi connectivity index (χ4v) is 7.02. The molecule has 2 aromatic heterocycles. The number of rotatable bonds is 4. The zero-order valence-electron chi connectivity index (χ0n) is 15.8. The number of piperidine rings is 1. The fraction of sp³-hybridized carbons (Fsp3) is 0.588. The molecule has 2 atom stereocenters. The second-order valence-corrected chi connectivity index (χ2v) is 10.3. The maximum Gasteiger partial charge on any atom is 0.325 e. The summed E-state index contributed by atoms with van der Waals surface area (Å²) in [5, 5.41) is 0.0507. The Morgan fingerprint density at radius 2 is 1.96 bits per heavy atom. The quantitative estimate of drug-likeness (QED) is 0.706. The van der Waals surface area contributed by atoms with Gasteiger partial charge < -0.3 is 4.74 Å². The van der Waals surface area contributed by atoms with Gasteiger partial charge in [0, 0.05) is 18.0 Å². The van der Waals surface area contributed by atoms with Crippen LogP contribution in [0.2, 0.25) is 0 Å². The first-order chi connectivity index (χ1) is 12.6. The number of nitrogens with zero attached hydrogens (tertiary/aromatic N) is 3. The molecule has 0 unspecified atom stereocenters. The van der Waals surface area contributed by atoms with E-state index in [1.54, 1.807) is 6.92 Å². The molecule has 148 valence electrons. The monoisotopic (exact) mass is 413 g/mol. The predicted molar refractivity (Wildman–Crippen MR) is 102 cm³/mol. The van der Waals surface area contributed by atoms with Gasteiger partial charge in [-0.25, -0.2) is 13.4 Å². The molecule has 0 amide bonds. The highest BCUT2D eigenvalue weighted by Gasteiger charge is 2.35.